The minimum absolute atomic E-state index is 0.0173. The van der Waals surface area contributed by atoms with Crippen LogP contribution in [0, 0.1) is 5.92 Å². The Morgan fingerprint density at radius 1 is 1.21 bits per heavy atom. The molecule has 2 bridgehead atoms. The molecular weight excluding hydrogens is 371 g/mol. The molecule has 0 aliphatic carbocycles. The average Bonchev–Trinajstić information content (AvgIpc) is 2.67. The number of nitrogens with one attached hydrogen (secondary N) is 2. The molecule has 2 atom stereocenters. The van der Waals surface area contributed by atoms with Crippen LogP contribution < -0.4 is 16.2 Å². The van der Waals surface area contributed by atoms with Crippen molar-refractivity contribution < 1.29 is 18.0 Å². The summed E-state index contributed by atoms with van der Waals surface area (Å²) in [5.74, 6) is 0.0568. The lowest BCUT2D eigenvalue weighted by Gasteiger charge is -2.37. The Labute approximate surface area is 159 Å². The third-order valence-electron chi connectivity index (χ3n) is 5.46. The number of benzene rings is 1. The van der Waals surface area contributed by atoms with Gasteiger partial charge >= 0.3 is 6.18 Å². The van der Waals surface area contributed by atoms with Crippen LogP contribution in [0.1, 0.15) is 39.5 Å². The van der Waals surface area contributed by atoms with Crippen molar-refractivity contribution in [3.8, 4) is 0 Å². The van der Waals surface area contributed by atoms with Gasteiger partial charge in [-0.15, -0.1) is 0 Å². The number of fused-ring (bicyclic) bond motifs is 4. The molecule has 3 heterocycles. The van der Waals surface area contributed by atoms with Gasteiger partial charge < -0.3 is 15.2 Å². The molecule has 2 aromatic rings. The maximum Gasteiger partial charge on any atom is 0.416 e. The number of pyridine rings is 1. The molecule has 0 unspecified atom stereocenters. The summed E-state index contributed by atoms with van der Waals surface area (Å²) in [6, 6.07) is 8.11. The maximum atomic E-state index is 12.8. The van der Waals surface area contributed by atoms with Crippen molar-refractivity contribution in [2.75, 3.05) is 13.1 Å². The van der Waals surface area contributed by atoms with Gasteiger partial charge in [-0.2, -0.15) is 13.2 Å². The fourth-order valence-electron chi connectivity index (χ4n) is 4.10. The van der Waals surface area contributed by atoms with Crippen LogP contribution in [0.25, 0.3) is 0 Å². The van der Waals surface area contributed by atoms with E-state index in [4.69, 9.17) is 0 Å². The van der Waals surface area contributed by atoms with Crippen molar-refractivity contribution in [3.05, 3.63) is 69.1 Å². The standard InChI is InChI=1S/C20H20F3N3O2/c21-20(22,23)15-3-1-2-12(7-15)9-25-18(27)16-4-5-17-14-6-13(8-24-10-14)11-26(17)19(16)28/h1-5,7,13-14,24H,6,8-11H2,(H,25,27)/t13-,14+/m0/s1. The fourth-order valence-corrected chi connectivity index (χ4v) is 4.10. The number of piperidine rings is 1. The number of alkyl halides is 3. The van der Waals surface area contributed by atoms with Gasteiger partial charge in [0.25, 0.3) is 11.5 Å². The first-order valence-electron chi connectivity index (χ1n) is 9.21. The second kappa shape index (κ2) is 7.09. The molecule has 5 nitrogen and oxygen atoms in total. The highest BCUT2D eigenvalue weighted by molar-refractivity contribution is 5.93. The van der Waals surface area contributed by atoms with Crippen LogP contribution in [0.3, 0.4) is 0 Å². The smallest absolute Gasteiger partial charge is 0.348 e. The molecule has 1 aromatic carbocycles. The molecule has 0 radical (unpaired) electrons. The number of carbonyl (C=O) groups excluding carboxylic acids is 1. The van der Waals surface area contributed by atoms with E-state index in [-0.39, 0.29) is 23.6 Å². The largest absolute Gasteiger partial charge is 0.416 e. The second-order valence-corrected chi connectivity index (χ2v) is 7.43. The first-order chi connectivity index (χ1) is 13.3. The van der Waals surface area contributed by atoms with Crippen LogP contribution in [0.5, 0.6) is 0 Å². The second-order valence-electron chi connectivity index (χ2n) is 7.43. The predicted octanol–water partition coefficient (Wildman–Crippen LogP) is 2.50. The Morgan fingerprint density at radius 2 is 2.04 bits per heavy atom. The van der Waals surface area contributed by atoms with Gasteiger partial charge in [0.1, 0.15) is 5.56 Å². The highest BCUT2D eigenvalue weighted by atomic mass is 19.4. The molecule has 0 spiro atoms. The predicted molar refractivity (Wildman–Crippen MR) is 97.0 cm³/mol. The third kappa shape index (κ3) is 3.56. The lowest BCUT2D eigenvalue weighted by atomic mass is 9.84. The summed E-state index contributed by atoms with van der Waals surface area (Å²) in [5, 5.41) is 5.92. The Balaban J connectivity index is 1.52. The Bertz CT molecular complexity index is 968. The number of hydrogen-bond acceptors (Lipinski definition) is 3. The lowest BCUT2D eigenvalue weighted by molar-refractivity contribution is -0.137. The van der Waals surface area contributed by atoms with E-state index in [0.29, 0.717) is 18.0 Å². The van der Waals surface area contributed by atoms with E-state index in [1.807, 2.05) is 6.07 Å². The van der Waals surface area contributed by atoms with Crippen LogP contribution in [-0.4, -0.2) is 23.6 Å². The number of aromatic nitrogens is 1. The number of rotatable bonds is 3. The van der Waals surface area contributed by atoms with Gasteiger partial charge in [-0.05, 0) is 48.7 Å². The molecule has 2 aliphatic heterocycles. The van der Waals surface area contributed by atoms with Crippen molar-refractivity contribution in [2.24, 2.45) is 5.92 Å². The van der Waals surface area contributed by atoms with E-state index in [9.17, 15) is 22.8 Å². The van der Waals surface area contributed by atoms with Gasteiger partial charge in [0.15, 0.2) is 0 Å². The first kappa shape index (κ1) is 18.7. The molecule has 8 heteroatoms. The van der Waals surface area contributed by atoms with Crippen molar-refractivity contribution in [3.63, 3.8) is 0 Å². The summed E-state index contributed by atoms with van der Waals surface area (Å²) in [7, 11) is 0. The number of amides is 1. The van der Waals surface area contributed by atoms with Gasteiger partial charge in [-0.3, -0.25) is 9.59 Å². The molecule has 148 valence electrons. The molecule has 1 amide bonds. The highest BCUT2D eigenvalue weighted by Gasteiger charge is 2.32. The average molecular weight is 391 g/mol. The molecule has 4 rings (SSSR count). The molecule has 1 fully saturated rings. The number of nitrogens with zero attached hydrogens (tertiary/aromatic N) is 1. The van der Waals surface area contributed by atoms with Crippen molar-refractivity contribution in [2.45, 2.75) is 31.6 Å². The third-order valence-corrected chi connectivity index (χ3v) is 5.46. The summed E-state index contributed by atoms with van der Waals surface area (Å²) in [4.78, 5) is 25.3. The quantitative estimate of drug-likeness (QED) is 0.845. The van der Waals surface area contributed by atoms with Crippen molar-refractivity contribution in [1.82, 2.24) is 15.2 Å². The molecule has 2 N–H and O–H groups in total. The monoisotopic (exact) mass is 391 g/mol. The van der Waals surface area contributed by atoms with E-state index in [2.05, 4.69) is 10.6 Å². The maximum absolute atomic E-state index is 12.8. The molecule has 1 saturated heterocycles. The van der Waals surface area contributed by atoms with Crippen LogP contribution in [0.15, 0.2) is 41.2 Å². The molecule has 2 aliphatic rings. The summed E-state index contributed by atoms with van der Waals surface area (Å²) in [6.45, 7) is 2.16. The van der Waals surface area contributed by atoms with Gasteiger partial charge in [0.05, 0.1) is 5.56 Å². The van der Waals surface area contributed by atoms with Crippen LogP contribution >= 0.6 is 0 Å². The molecule has 0 saturated carbocycles. The van der Waals surface area contributed by atoms with E-state index < -0.39 is 17.6 Å². The van der Waals surface area contributed by atoms with Crippen molar-refractivity contribution >= 4 is 5.91 Å². The zero-order chi connectivity index (χ0) is 19.9. The van der Waals surface area contributed by atoms with Gasteiger partial charge in [-0.1, -0.05) is 12.1 Å². The number of halogens is 3. The fraction of sp³-hybridized carbons (Fsp3) is 0.400. The van der Waals surface area contributed by atoms with Crippen LogP contribution in [0.2, 0.25) is 0 Å². The Kier molecular flexibility index (Phi) is 4.74. The van der Waals surface area contributed by atoms with Gasteiger partial charge in [0.2, 0.25) is 0 Å². The van der Waals surface area contributed by atoms with Crippen molar-refractivity contribution in [1.29, 1.82) is 0 Å². The zero-order valence-corrected chi connectivity index (χ0v) is 15.1. The van der Waals surface area contributed by atoms with E-state index in [1.165, 1.54) is 18.2 Å². The van der Waals surface area contributed by atoms with Gasteiger partial charge in [0, 0.05) is 31.2 Å². The summed E-state index contributed by atoms with van der Waals surface area (Å²) in [6.07, 6.45) is -3.40. The minimum atomic E-state index is -4.44. The molecule has 1 aromatic heterocycles. The summed E-state index contributed by atoms with van der Waals surface area (Å²) in [5.41, 5.74) is 0.164. The van der Waals surface area contributed by atoms with E-state index in [0.717, 1.165) is 37.3 Å². The lowest BCUT2D eigenvalue weighted by Crippen LogP contribution is -2.46. The molecule has 28 heavy (non-hydrogen) atoms. The van der Waals surface area contributed by atoms with Gasteiger partial charge in [-0.25, -0.2) is 0 Å². The SMILES string of the molecule is O=C(NCc1cccc(C(F)(F)F)c1)c1ccc2n(c1=O)C[C@@H]1CNC[C@H]2C1. The highest BCUT2D eigenvalue weighted by Crippen LogP contribution is 2.32. The number of hydrogen-bond donors (Lipinski definition) is 2. The van der Waals surface area contributed by atoms with E-state index in [1.54, 1.807) is 4.57 Å². The topological polar surface area (TPSA) is 63.1 Å². The zero-order valence-electron chi connectivity index (χ0n) is 15.1. The Hall–Kier alpha value is -2.61. The number of carbonyl (C=O) groups is 1. The van der Waals surface area contributed by atoms with Crippen LogP contribution in [-0.2, 0) is 19.3 Å². The first-order valence-corrected chi connectivity index (χ1v) is 9.21. The summed E-state index contributed by atoms with van der Waals surface area (Å²) < 4.78 is 40.1. The summed E-state index contributed by atoms with van der Waals surface area (Å²) >= 11 is 0. The van der Waals surface area contributed by atoms with Crippen LogP contribution in [0.4, 0.5) is 13.2 Å². The normalized spacial score (nSPS) is 21.1. The minimum Gasteiger partial charge on any atom is -0.348 e. The molecular formula is C20H20F3N3O2. The Morgan fingerprint density at radius 3 is 2.82 bits per heavy atom. The van der Waals surface area contributed by atoms with E-state index >= 15 is 0 Å².